The highest BCUT2D eigenvalue weighted by Crippen LogP contribution is 2.18. The molecule has 0 fully saturated rings. The van der Waals surface area contributed by atoms with E-state index in [1.807, 2.05) is 6.92 Å². The van der Waals surface area contributed by atoms with Crippen molar-refractivity contribution in [2.24, 2.45) is 0 Å². The highest BCUT2D eigenvalue weighted by atomic mass is 16.3. The van der Waals surface area contributed by atoms with E-state index in [9.17, 15) is 5.11 Å². The first-order valence-corrected chi connectivity index (χ1v) is 6.81. The molecule has 1 rings (SSSR count). The van der Waals surface area contributed by atoms with Crippen molar-refractivity contribution in [1.82, 2.24) is 5.32 Å². The first kappa shape index (κ1) is 15.2. The molecule has 1 aromatic rings. The number of hydrogen-bond donors (Lipinski definition) is 2. The molecule has 0 amide bonds. The van der Waals surface area contributed by atoms with Gasteiger partial charge in [0.15, 0.2) is 0 Å². The van der Waals surface area contributed by atoms with Gasteiger partial charge in [-0.3, -0.25) is 0 Å². The van der Waals surface area contributed by atoms with Crippen LogP contribution in [0.25, 0.3) is 0 Å². The lowest BCUT2D eigenvalue weighted by molar-refractivity contribution is 0.0511. The molecule has 0 saturated carbocycles. The summed E-state index contributed by atoms with van der Waals surface area (Å²) in [4.78, 5) is 0. The summed E-state index contributed by atoms with van der Waals surface area (Å²) >= 11 is 0. The highest BCUT2D eigenvalue weighted by Gasteiger charge is 2.20. The zero-order valence-electron chi connectivity index (χ0n) is 12.4. The van der Waals surface area contributed by atoms with Crippen LogP contribution in [0.4, 0.5) is 0 Å². The maximum Gasteiger partial charge on any atom is 0.0672 e. The Morgan fingerprint density at radius 3 is 2.22 bits per heavy atom. The van der Waals surface area contributed by atoms with E-state index in [1.165, 1.54) is 16.7 Å². The van der Waals surface area contributed by atoms with E-state index in [0.717, 1.165) is 19.4 Å². The lowest BCUT2D eigenvalue weighted by Crippen LogP contribution is -2.34. The van der Waals surface area contributed by atoms with Gasteiger partial charge in [0.1, 0.15) is 0 Å². The summed E-state index contributed by atoms with van der Waals surface area (Å²) in [5.74, 6) is 0. The van der Waals surface area contributed by atoms with Gasteiger partial charge in [-0.05, 0) is 39.3 Å². The second-order valence-electron chi connectivity index (χ2n) is 6.03. The lowest BCUT2D eigenvalue weighted by Gasteiger charge is -2.24. The molecule has 0 heterocycles. The smallest absolute Gasteiger partial charge is 0.0672 e. The second kappa shape index (κ2) is 6.35. The third-order valence-electron chi connectivity index (χ3n) is 3.08. The molecule has 1 atom stereocenters. The van der Waals surface area contributed by atoms with Crippen LogP contribution in [0.5, 0.6) is 0 Å². The van der Waals surface area contributed by atoms with Crippen molar-refractivity contribution < 1.29 is 5.11 Å². The molecule has 2 heteroatoms. The van der Waals surface area contributed by atoms with E-state index in [-0.39, 0.29) is 0 Å². The maximum absolute atomic E-state index is 10.4. The molecule has 0 aromatic heterocycles. The summed E-state index contributed by atoms with van der Waals surface area (Å²) in [7, 11) is 0. The van der Waals surface area contributed by atoms with Crippen LogP contribution >= 0.6 is 0 Å². The van der Waals surface area contributed by atoms with Gasteiger partial charge in [0.05, 0.1) is 5.60 Å². The second-order valence-corrected chi connectivity index (χ2v) is 6.03. The van der Waals surface area contributed by atoms with Gasteiger partial charge in [-0.1, -0.05) is 43.2 Å². The summed E-state index contributed by atoms with van der Waals surface area (Å²) in [6.07, 6.45) is 1.49. The highest BCUT2D eigenvalue weighted by molar-refractivity contribution is 5.29. The monoisotopic (exact) mass is 249 g/mol. The Morgan fingerprint density at radius 2 is 1.72 bits per heavy atom. The number of aryl methyl sites for hydroxylation is 2. The Balaban J connectivity index is 2.58. The van der Waals surface area contributed by atoms with Crippen molar-refractivity contribution in [1.29, 1.82) is 0 Å². The molecule has 0 saturated heterocycles. The molecule has 0 radical (unpaired) electrons. The van der Waals surface area contributed by atoms with E-state index in [1.54, 1.807) is 0 Å². The Bertz CT molecular complexity index is 362. The third-order valence-corrected chi connectivity index (χ3v) is 3.08. The Kier molecular flexibility index (Phi) is 5.36. The molecule has 1 unspecified atom stereocenters. The van der Waals surface area contributed by atoms with Crippen molar-refractivity contribution >= 4 is 0 Å². The van der Waals surface area contributed by atoms with Crippen LogP contribution in [0.3, 0.4) is 0 Å². The molecular weight excluding hydrogens is 222 g/mol. The van der Waals surface area contributed by atoms with E-state index >= 15 is 0 Å². The molecule has 2 N–H and O–H groups in total. The number of hydrogen-bond acceptors (Lipinski definition) is 2. The summed E-state index contributed by atoms with van der Waals surface area (Å²) < 4.78 is 0. The van der Waals surface area contributed by atoms with E-state index < -0.39 is 5.60 Å². The van der Waals surface area contributed by atoms with Gasteiger partial charge >= 0.3 is 0 Å². The quantitative estimate of drug-likeness (QED) is 0.812. The van der Waals surface area contributed by atoms with Crippen molar-refractivity contribution in [3.05, 3.63) is 34.9 Å². The van der Waals surface area contributed by atoms with Crippen LogP contribution in [0.1, 0.15) is 43.9 Å². The minimum absolute atomic E-state index is 0.474. The first-order valence-electron chi connectivity index (χ1n) is 6.81. The maximum atomic E-state index is 10.4. The fourth-order valence-electron chi connectivity index (χ4n) is 2.33. The van der Waals surface area contributed by atoms with Crippen molar-refractivity contribution in [3.63, 3.8) is 0 Å². The average molecular weight is 249 g/mol. The third kappa shape index (κ3) is 5.65. The van der Waals surface area contributed by atoms with Gasteiger partial charge < -0.3 is 10.4 Å². The van der Waals surface area contributed by atoms with Crippen LogP contribution in [-0.2, 0) is 6.42 Å². The SMILES string of the molecule is Cc1cc(C)cc(CC(C)(O)CCNC(C)C)c1. The lowest BCUT2D eigenvalue weighted by atomic mass is 9.91. The predicted octanol–water partition coefficient (Wildman–Crippen LogP) is 2.99. The minimum Gasteiger partial charge on any atom is -0.390 e. The van der Waals surface area contributed by atoms with Crippen molar-refractivity contribution in [2.45, 2.75) is 59.1 Å². The van der Waals surface area contributed by atoms with Crippen LogP contribution in [0, 0.1) is 13.8 Å². The van der Waals surface area contributed by atoms with Gasteiger partial charge in [0.25, 0.3) is 0 Å². The van der Waals surface area contributed by atoms with Crippen LogP contribution < -0.4 is 5.32 Å². The van der Waals surface area contributed by atoms with E-state index in [2.05, 4.69) is 51.2 Å². The molecule has 18 heavy (non-hydrogen) atoms. The van der Waals surface area contributed by atoms with Crippen LogP contribution in [0.2, 0.25) is 0 Å². The van der Waals surface area contributed by atoms with Gasteiger partial charge in [0.2, 0.25) is 0 Å². The fourth-order valence-corrected chi connectivity index (χ4v) is 2.33. The molecule has 0 bridgehead atoms. The van der Waals surface area contributed by atoms with Gasteiger partial charge in [0, 0.05) is 12.5 Å². The van der Waals surface area contributed by atoms with E-state index in [0.29, 0.717) is 6.04 Å². The summed E-state index contributed by atoms with van der Waals surface area (Å²) in [6.45, 7) is 11.2. The molecule has 0 aliphatic carbocycles. The van der Waals surface area contributed by atoms with Gasteiger partial charge in [-0.25, -0.2) is 0 Å². The van der Waals surface area contributed by atoms with Crippen LogP contribution in [-0.4, -0.2) is 23.3 Å². The number of rotatable bonds is 6. The van der Waals surface area contributed by atoms with Gasteiger partial charge in [-0.15, -0.1) is 0 Å². The summed E-state index contributed by atoms with van der Waals surface area (Å²) in [5.41, 5.74) is 3.12. The summed E-state index contributed by atoms with van der Waals surface area (Å²) in [5, 5.41) is 13.8. The molecule has 102 valence electrons. The largest absolute Gasteiger partial charge is 0.390 e. The number of benzene rings is 1. The molecular formula is C16H27NO. The standard InChI is InChI=1S/C16H27NO/c1-12(2)17-7-6-16(5,18)11-15-9-13(3)8-14(4)10-15/h8-10,12,17-18H,6-7,11H2,1-5H3. The summed E-state index contributed by atoms with van der Waals surface area (Å²) in [6, 6.07) is 6.97. The van der Waals surface area contributed by atoms with Gasteiger partial charge in [-0.2, -0.15) is 0 Å². The normalized spacial score (nSPS) is 14.8. The fraction of sp³-hybridized carbons (Fsp3) is 0.625. The Labute approximate surface area is 111 Å². The number of nitrogens with one attached hydrogen (secondary N) is 1. The molecule has 0 spiro atoms. The predicted molar refractivity (Wildman–Crippen MR) is 78.0 cm³/mol. The zero-order valence-corrected chi connectivity index (χ0v) is 12.4. The molecule has 0 aliphatic rings. The molecule has 1 aromatic carbocycles. The average Bonchev–Trinajstić information content (AvgIpc) is 2.12. The first-order chi connectivity index (χ1) is 8.28. The van der Waals surface area contributed by atoms with Crippen LogP contribution in [0.15, 0.2) is 18.2 Å². The van der Waals surface area contributed by atoms with Crippen molar-refractivity contribution in [2.75, 3.05) is 6.54 Å². The van der Waals surface area contributed by atoms with E-state index in [4.69, 9.17) is 0 Å². The Hall–Kier alpha value is -0.860. The zero-order chi connectivity index (χ0) is 13.8. The topological polar surface area (TPSA) is 32.3 Å². The minimum atomic E-state index is -0.637. The Morgan fingerprint density at radius 1 is 1.17 bits per heavy atom. The number of aliphatic hydroxyl groups is 1. The van der Waals surface area contributed by atoms with Crippen molar-refractivity contribution in [3.8, 4) is 0 Å². The molecule has 2 nitrogen and oxygen atoms in total. The molecule has 0 aliphatic heterocycles.